The summed E-state index contributed by atoms with van der Waals surface area (Å²) >= 11 is 3.48. The lowest BCUT2D eigenvalue weighted by molar-refractivity contribution is 0.649. The van der Waals surface area contributed by atoms with Gasteiger partial charge in [-0.15, -0.1) is 5.10 Å². The molecule has 0 bridgehead atoms. The van der Waals surface area contributed by atoms with Crippen LogP contribution >= 0.6 is 15.9 Å². The van der Waals surface area contributed by atoms with Gasteiger partial charge in [-0.3, -0.25) is 9.97 Å². The van der Waals surface area contributed by atoms with Crippen molar-refractivity contribution in [2.24, 2.45) is 0 Å². The van der Waals surface area contributed by atoms with Crippen LogP contribution in [0.25, 0.3) is 22.6 Å². The molecule has 0 aliphatic carbocycles. The van der Waals surface area contributed by atoms with Crippen LogP contribution in [0.4, 0.5) is 0 Å². The second-order valence-corrected chi connectivity index (χ2v) is 6.49. The van der Waals surface area contributed by atoms with E-state index in [2.05, 4.69) is 48.3 Å². The van der Waals surface area contributed by atoms with Crippen LogP contribution in [0.3, 0.4) is 0 Å². The van der Waals surface area contributed by atoms with E-state index in [0.717, 1.165) is 32.7 Å². The molecule has 0 aliphatic rings. The Balaban J connectivity index is 1.54. The highest BCUT2D eigenvalue weighted by Gasteiger charge is 2.07. The zero-order valence-electron chi connectivity index (χ0n) is 13.2. The first-order chi connectivity index (χ1) is 12.3. The van der Waals surface area contributed by atoms with Crippen molar-refractivity contribution in [3.8, 4) is 22.6 Å². The first kappa shape index (κ1) is 15.7. The first-order valence-corrected chi connectivity index (χ1v) is 8.60. The lowest BCUT2D eigenvalue weighted by Crippen LogP contribution is -2.00. The molecule has 0 amide bonds. The Morgan fingerprint density at radius 2 is 1.80 bits per heavy atom. The number of halogens is 1. The van der Waals surface area contributed by atoms with Crippen LogP contribution in [-0.2, 0) is 6.54 Å². The van der Waals surface area contributed by atoms with E-state index in [1.807, 2.05) is 53.3 Å². The third kappa shape index (κ3) is 3.64. The number of hydrogen-bond donors (Lipinski definition) is 0. The summed E-state index contributed by atoms with van der Waals surface area (Å²) < 4.78 is 2.88. The number of aromatic nitrogens is 5. The summed E-state index contributed by atoms with van der Waals surface area (Å²) in [6.45, 7) is 0.673. The maximum absolute atomic E-state index is 4.48. The topological polar surface area (TPSA) is 56.5 Å². The van der Waals surface area contributed by atoms with Crippen molar-refractivity contribution in [2.75, 3.05) is 0 Å². The quantitative estimate of drug-likeness (QED) is 0.522. The van der Waals surface area contributed by atoms with Crippen molar-refractivity contribution in [2.45, 2.75) is 6.54 Å². The van der Waals surface area contributed by atoms with Gasteiger partial charge in [-0.05, 0) is 42.0 Å². The maximum Gasteiger partial charge on any atom is 0.114 e. The van der Waals surface area contributed by atoms with Crippen molar-refractivity contribution in [1.29, 1.82) is 0 Å². The Morgan fingerprint density at radius 3 is 2.56 bits per heavy atom. The van der Waals surface area contributed by atoms with E-state index in [1.165, 1.54) is 0 Å². The lowest BCUT2D eigenvalue weighted by Gasteiger charge is -2.01. The van der Waals surface area contributed by atoms with Gasteiger partial charge in [-0.25, -0.2) is 4.68 Å². The van der Waals surface area contributed by atoms with Gasteiger partial charge in [0.1, 0.15) is 5.69 Å². The van der Waals surface area contributed by atoms with Gasteiger partial charge >= 0.3 is 0 Å². The van der Waals surface area contributed by atoms with E-state index in [0.29, 0.717) is 6.54 Å². The van der Waals surface area contributed by atoms with E-state index in [4.69, 9.17) is 0 Å². The Morgan fingerprint density at radius 1 is 0.880 bits per heavy atom. The van der Waals surface area contributed by atoms with E-state index in [9.17, 15) is 0 Å². The average Bonchev–Trinajstić information content (AvgIpc) is 3.11. The minimum Gasteiger partial charge on any atom is -0.255 e. The lowest BCUT2D eigenvalue weighted by atomic mass is 10.2. The number of nitrogens with zero attached hydrogens (tertiary/aromatic N) is 5. The zero-order chi connectivity index (χ0) is 17.1. The fraction of sp³-hybridized carbons (Fsp3) is 0.0526. The molecule has 0 fully saturated rings. The molecular weight excluding hydrogens is 378 g/mol. The minimum atomic E-state index is 0.673. The summed E-state index contributed by atoms with van der Waals surface area (Å²) in [5, 5.41) is 8.46. The molecule has 3 heterocycles. The second kappa shape index (κ2) is 6.94. The fourth-order valence-electron chi connectivity index (χ4n) is 2.54. The van der Waals surface area contributed by atoms with Gasteiger partial charge in [-0.2, -0.15) is 0 Å². The smallest absolute Gasteiger partial charge is 0.114 e. The van der Waals surface area contributed by atoms with Crippen molar-refractivity contribution < 1.29 is 0 Å². The Bertz CT molecular complexity index is 980. The van der Waals surface area contributed by atoms with Gasteiger partial charge in [0.25, 0.3) is 0 Å². The van der Waals surface area contributed by atoms with E-state index < -0.39 is 0 Å². The molecular formula is C19H14BrN5. The maximum atomic E-state index is 4.48. The van der Waals surface area contributed by atoms with Crippen LogP contribution in [-0.4, -0.2) is 25.0 Å². The Hall–Kier alpha value is -2.86. The standard InChI is InChI=1S/C19H14BrN5/c20-16-5-3-4-14(10-16)12-25-13-19(23-24-25)15-7-8-18(22-11-15)17-6-1-2-9-21-17/h1-11,13H,12H2. The number of hydrogen-bond acceptors (Lipinski definition) is 4. The summed E-state index contributed by atoms with van der Waals surface area (Å²) in [5.74, 6) is 0. The van der Waals surface area contributed by atoms with Gasteiger partial charge in [0, 0.05) is 22.4 Å². The van der Waals surface area contributed by atoms with Crippen LogP contribution in [0.5, 0.6) is 0 Å². The molecule has 6 heteroatoms. The number of pyridine rings is 2. The largest absolute Gasteiger partial charge is 0.255 e. The summed E-state index contributed by atoms with van der Waals surface area (Å²) in [6.07, 6.45) is 5.49. The summed E-state index contributed by atoms with van der Waals surface area (Å²) in [5.41, 5.74) is 4.59. The minimum absolute atomic E-state index is 0.673. The third-order valence-electron chi connectivity index (χ3n) is 3.76. The number of rotatable bonds is 4. The predicted molar refractivity (Wildman–Crippen MR) is 99.7 cm³/mol. The highest BCUT2D eigenvalue weighted by atomic mass is 79.9. The molecule has 4 aromatic rings. The molecule has 122 valence electrons. The number of benzene rings is 1. The van der Waals surface area contributed by atoms with Crippen molar-refractivity contribution in [3.05, 3.63) is 83.2 Å². The first-order valence-electron chi connectivity index (χ1n) is 7.80. The molecule has 1 aromatic carbocycles. The summed E-state index contributed by atoms with van der Waals surface area (Å²) in [4.78, 5) is 8.80. The molecule has 0 atom stereocenters. The average molecular weight is 392 g/mol. The monoisotopic (exact) mass is 391 g/mol. The molecule has 0 spiro atoms. The molecule has 0 aliphatic heterocycles. The second-order valence-electron chi connectivity index (χ2n) is 5.58. The molecule has 0 saturated carbocycles. The molecule has 25 heavy (non-hydrogen) atoms. The third-order valence-corrected chi connectivity index (χ3v) is 4.25. The molecule has 3 aromatic heterocycles. The van der Waals surface area contributed by atoms with E-state index in [-0.39, 0.29) is 0 Å². The summed E-state index contributed by atoms with van der Waals surface area (Å²) in [7, 11) is 0. The summed E-state index contributed by atoms with van der Waals surface area (Å²) in [6, 6.07) is 17.9. The van der Waals surface area contributed by atoms with Gasteiger partial charge < -0.3 is 0 Å². The molecule has 5 nitrogen and oxygen atoms in total. The van der Waals surface area contributed by atoms with Crippen molar-refractivity contribution >= 4 is 15.9 Å². The SMILES string of the molecule is Brc1cccc(Cn2cc(-c3ccc(-c4ccccn4)nc3)nn2)c1. The van der Waals surface area contributed by atoms with Crippen LogP contribution < -0.4 is 0 Å². The fourth-order valence-corrected chi connectivity index (χ4v) is 2.99. The van der Waals surface area contributed by atoms with E-state index >= 15 is 0 Å². The highest BCUT2D eigenvalue weighted by molar-refractivity contribution is 9.10. The predicted octanol–water partition coefficient (Wildman–Crippen LogP) is 4.21. The van der Waals surface area contributed by atoms with Gasteiger partial charge in [-0.1, -0.05) is 39.3 Å². The van der Waals surface area contributed by atoms with Crippen LogP contribution in [0.15, 0.2) is 77.7 Å². The van der Waals surface area contributed by atoms with Crippen molar-refractivity contribution in [3.63, 3.8) is 0 Å². The van der Waals surface area contributed by atoms with Gasteiger partial charge in [0.05, 0.1) is 24.1 Å². The van der Waals surface area contributed by atoms with Crippen LogP contribution in [0.1, 0.15) is 5.56 Å². The van der Waals surface area contributed by atoms with Crippen LogP contribution in [0, 0.1) is 0 Å². The molecule has 0 N–H and O–H groups in total. The van der Waals surface area contributed by atoms with E-state index in [1.54, 1.807) is 12.4 Å². The normalized spacial score (nSPS) is 10.8. The molecule has 0 saturated heterocycles. The molecule has 0 radical (unpaired) electrons. The highest BCUT2D eigenvalue weighted by Crippen LogP contribution is 2.20. The molecule has 4 rings (SSSR count). The zero-order valence-corrected chi connectivity index (χ0v) is 14.8. The van der Waals surface area contributed by atoms with Crippen LogP contribution in [0.2, 0.25) is 0 Å². The van der Waals surface area contributed by atoms with Gasteiger partial charge in [0.15, 0.2) is 0 Å². The Labute approximate surface area is 153 Å². The van der Waals surface area contributed by atoms with Crippen molar-refractivity contribution in [1.82, 2.24) is 25.0 Å². The van der Waals surface area contributed by atoms with Gasteiger partial charge in [0.2, 0.25) is 0 Å². The molecule has 0 unspecified atom stereocenters. The Kier molecular flexibility index (Phi) is 4.35.